The van der Waals surface area contributed by atoms with E-state index in [1.165, 1.54) is 0 Å². The monoisotopic (exact) mass is 315 g/mol. The Hall–Kier alpha value is -1.41. The van der Waals surface area contributed by atoms with Crippen molar-refractivity contribution < 1.29 is 36.6 Å². The molecule has 0 atom stereocenters. The predicted octanol–water partition coefficient (Wildman–Crippen LogP) is 2.29. The van der Waals surface area contributed by atoms with Gasteiger partial charge < -0.3 is 10.0 Å². The lowest BCUT2D eigenvalue weighted by molar-refractivity contribution is -0.212. The molecule has 2 fully saturated rings. The molecule has 9 heteroatoms. The molecule has 0 bridgehead atoms. The van der Waals surface area contributed by atoms with Gasteiger partial charge >= 0.3 is 18.1 Å². The normalized spacial score (nSPS) is 25.3. The van der Waals surface area contributed by atoms with Gasteiger partial charge in [-0.3, -0.25) is 9.59 Å². The van der Waals surface area contributed by atoms with Crippen molar-refractivity contribution in [1.82, 2.24) is 4.90 Å². The fourth-order valence-corrected chi connectivity index (χ4v) is 3.30. The summed E-state index contributed by atoms with van der Waals surface area (Å²) in [7, 11) is 0. The van der Waals surface area contributed by atoms with Gasteiger partial charge in [0.1, 0.15) is 0 Å². The molecule has 1 N–H and O–H groups in total. The van der Waals surface area contributed by atoms with Gasteiger partial charge in [-0.25, -0.2) is 8.78 Å². The SMILES string of the molecule is O=C(N1CCC(C2(C(=O)O)CC(F)(F)C2)CC1)C(F)(F)F. The molecule has 2 aliphatic rings. The van der Waals surface area contributed by atoms with E-state index in [1.807, 2.05) is 0 Å². The lowest BCUT2D eigenvalue weighted by Gasteiger charge is -2.50. The van der Waals surface area contributed by atoms with E-state index in [4.69, 9.17) is 0 Å². The number of hydrogen-bond acceptors (Lipinski definition) is 2. The van der Waals surface area contributed by atoms with Crippen LogP contribution in [0, 0.1) is 11.3 Å². The summed E-state index contributed by atoms with van der Waals surface area (Å²) in [4.78, 5) is 22.9. The molecule has 0 spiro atoms. The first kappa shape index (κ1) is 16.0. The average Bonchev–Trinajstić information content (AvgIpc) is 2.33. The maximum absolute atomic E-state index is 13.0. The van der Waals surface area contributed by atoms with Gasteiger partial charge in [-0.1, -0.05) is 0 Å². The van der Waals surface area contributed by atoms with Crippen LogP contribution in [-0.4, -0.2) is 47.1 Å². The minimum Gasteiger partial charge on any atom is -0.481 e. The number of aliphatic carboxylic acids is 1. The van der Waals surface area contributed by atoms with Gasteiger partial charge in [0.25, 0.3) is 0 Å². The Morgan fingerprint density at radius 1 is 1.10 bits per heavy atom. The van der Waals surface area contributed by atoms with E-state index in [1.54, 1.807) is 0 Å². The Kier molecular flexibility index (Phi) is 3.66. The predicted molar refractivity (Wildman–Crippen MR) is 59.6 cm³/mol. The molecule has 0 aromatic carbocycles. The molecule has 1 amide bonds. The summed E-state index contributed by atoms with van der Waals surface area (Å²) < 4.78 is 62.9. The topological polar surface area (TPSA) is 57.6 Å². The minimum atomic E-state index is -4.97. The molecule has 1 aliphatic carbocycles. The van der Waals surface area contributed by atoms with Crippen molar-refractivity contribution in [2.45, 2.75) is 37.8 Å². The Labute approximate surface area is 116 Å². The third-order valence-electron chi connectivity index (χ3n) is 4.38. The highest BCUT2D eigenvalue weighted by Crippen LogP contribution is 2.58. The summed E-state index contributed by atoms with van der Waals surface area (Å²) >= 11 is 0. The maximum Gasteiger partial charge on any atom is 0.471 e. The van der Waals surface area contributed by atoms with Crippen LogP contribution in [0.1, 0.15) is 25.7 Å². The molecule has 120 valence electrons. The van der Waals surface area contributed by atoms with Crippen molar-refractivity contribution in [3.05, 3.63) is 0 Å². The van der Waals surface area contributed by atoms with Crippen LogP contribution < -0.4 is 0 Å². The number of carbonyl (C=O) groups is 2. The van der Waals surface area contributed by atoms with E-state index in [-0.39, 0.29) is 25.9 Å². The lowest BCUT2D eigenvalue weighted by atomic mass is 9.56. The molecule has 2 rings (SSSR count). The quantitative estimate of drug-likeness (QED) is 0.796. The molecule has 0 aromatic rings. The number of piperidine rings is 1. The van der Waals surface area contributed by atoms with Crippen LogP contribution >= 0.6 is 0 Å². The zero-order valence-corrected chi connectivity index (χ0v) is 10.9. The van der Waals surface area contributed by atoms with E-state index in [0.717, 1.165) is 0 Å². The smallest absolute Gasteiger partial charge is 0.471 e. The fraction of sp³-hybridized carbons (Fsp3) is 0.833. The second-order valence-corrected chi connectivity index (χ2v) is 5.74. The molecule has 1 saturated heterocycles. The molecule has 1 saturated carbocycles. The zero-order chi connectivity index (χ0) is 16.1. The second kappa shape index (κ2) is 4.81. The summed E-state index contributed by atoms with van der Waals surface area (Å²) in [6.45, 7) is -0.521. The molecule has 0 unspecified atom stereocenters. The molecular weight excluding hydrogens is 301 g/mol. The van der Waals surface area contributed by atoms with Gasteiger partial charge in [-0.2, -0.15) is 13.2 Å². The molecular formula is C12H14F5NO3. The number of alkyl halides is 5. The van der Waals surface area contributed by atoms with E-state index in [2.05, 4.69) is 0 Å². The van der Waals surface area contributed by atoms with Gasteiger partial charge in [0.05, 0.1) is 5.41 Å². The molecule has 1 heterocycles. The van der Waals surface area contributed by atoms with E-state index in [9.17, 15) is 36.6 Å². The molecule has 4 nitrogen and oxygen atoms in total. The zero-order valence-electron chi connectivity index (χ0n) is 10.9. The molecule has 0 aromatic heterocycles. The van der Waals surface area contributed by atoms with Crippen molar-refractivity contribution >= 4 is 11.9 Å². The molecule has 21 heavy (non-hydrogen) atoms. The standard InChI is InChI=1S/C12H14F5NO3/c13-11(14)5-10(6-11,9(20)21)7-1-3-18(4-2-7)8(19)12(15,16)17/h7H,1-6H2,(H,20,21). The average molecular weight is 315 g/mol. The van der Waals surface area contributed by atoms with Crippen molar-refractivity contribution in [2.75, 3.05) is 13.1 Å². The summed E-state index contributed by atoms with van der Waals surface area (Å²) in [5.41, 5.74) is -1.57. The summed E-state index contributed by atoms with van der Waals surface area (Å²) in [6, 6.07) is 0. The lowest BCUT2D eigenvalue weighted by Crippen LogP contribution is -2.58. The summed E-state index contributed by atoms with van der Waals surface area (Å²) in [5, 5.41) is 9.18. The largest absolute Gasteiger partial charge is 0.481 e. The highest BCUT2D eigenvalue weighted by Gasteiger charge is 2.64. The van der Waals surface area contributed by atoms with E-state index >= 15 is 0 Å². The van der Waals surface area contributed by atoms with Gasteiger partial charge in [0, 0.05) is 25.9 Å². The number of amides is 1. The van der Waals surface area contributed by atoms with Crippen LogP contribution in [0.4, 0.5) is 22.0 Å². The number of nitrogens with zero attached hydrogens (tertiary/aromatic N) is 1. The van der Waals surface area contributed by atoms with Gasteiger partial charge in [-0.05, 0) is 18.8 Å². The van der Waals surface area contributed by atoms with Gasteiger partial charge in [-0.15, -0.1) is 0 Å². The van der Waals surface area contributed by atoms with Crippen LogP contribution in [0.3, 0.4) is 0 Å². The number of carboxylic acids is 1. The number of halogens is 5. The first-order chi connectivity index (χ1) is 9.48. The van der Waals surface area contributed by atoms with Crippen molar-refractivity contribution in [3.8, 4) is 0 Å². The third kappa shape index (κ3) is 2.82. The van der Waals surface area contributed by atoms with Crippen molar-refractivity contribution in [1.29, 1.82) is 0 Å². The second-order valence-electron chi connectivity index (χ2n) is 5.74. The highest BCUT2D eigenvalue weighted by molar-refractivity contribution is 5.82. The summed E-state index contributed by atoms with van der Waals surface area (Å²) in [5.74, 6) is -6.97. The maximum atomic E-state index is 13.0. The number of carbonyl (C=O) groups excluding carboxylic acids is 1. The Bertz CT molecular complexity index is 446. The van der Waals surface area contributed by atoms with Crippen molar-refractivity contribution in [3.63, 3.8) is 0 Å². The van der Waals surface area contributed by atoms with Crippen LogP contribution in [-0.2, 0) is 9.59 Å². The van der Waals surface area contributed by atoms with Crippen LogP contribution in [0.5, 0.6) is 0 Å². The fourth-order valence-electron chi connectivity index (χ4n) is 3.30. The van der Waals surface area contributed by atoms with Crippen molar-refractivity contribution in [2.24, 2.45) is 11.3 Å². The first-order valence-corrected chi connectivity index (χ1v) is 6.45. The Morgan fingerprint density at radius 3 is 1.90 bits per heavy atom. The number of carboxylic acid groups (broad SMARTS) is 1. The molecule has 1 aliphatic heterocycles. The molecule has 0 radical (unpaired) electrons. The van der Waals surface area contributed by atoms with E-state index in [0.29, 0.717) is 4.90 Å². The van der Waals surface area contributed by atoms with Crippen LogP contribution in [0.2, 0.25) is 0 Å². The number of rotatable bonds is 2. The Balaban J connectivity index is 2.01. The van der Waals surface area contributed by atoms with Crippen LogP contribution in [0.25, 0.3) is 0 Å². The first-order valence-electron chi connectivity index (χ1n) is 6.45. The van der Waals surface area contributed by atoms with Gasteiger partial charge in [0.15, 0.2) is 0 Å². The van der Waals surface area contributed by atoms with Crippen LogP contribution in [0.15, 0.2) is 0 Å². The highest BCUT2D eigenvalue weighted by atomic mass is 19.4. The third-order valence-corrected chi connectivity index (χ3v) is 4.38. The Morgan fingerprint density at radius 2 is 1.57 bits per heavy atom. The summed E-state index contributed by atoms with van der Waals surface area (Å²) in [6.07, 6.45) is -6.56. The number of likely N-dealkylation sites (tertiary alicyclic amines) is 1. The van der Waals surface area contributed by atoms with Gasteiger partial charge in [0.2, 0.25) is 5.92 Å². The minimum absolute atomic E-state index is 0.00972. The van der Waals surface area contributed by atoms with E-state index < -0.39 is 48.1 Å². The number of hydrogen-bond donors (Lipinski definition) is 1.